The smallest absolute Gasteiger partial charge is 0.223 e. The van der Waals surface area contributed by atoms with Gasteiger partial charge in [0.1, 0.15) is 0 Å². The van der Waals surface area contributed by atoms with Gasteiger partial charge in [0.05, 0.1) is 6.33 Å². The summed E-state index contributed by atoms with van der Waals surface area (Å²) < 4.78 is 0. The van der Waals surface area contributed by atoms with E-state index in [1.807, 2.05) is 24.4 Å². The summed E-state index contributed by atoms with van der Waals surface area (Å²) in [6.45, 7) is 0.703. The normalized spacial score (nSPS) is 21.1. The van der Waals surface area contributed by atoms with Crippen LogP contribution >= 0.6 is 0 Å². The molecule has 0 spiro atoms. The zero-order valence-electron chi connectivity index (χ0n) is 10.7. The van der Waals surface area contributed by atoms with E-state index in [0.717, 1.165) is 18.5 Å². The van der Waals surface area contributed by atoms with Gasteiger partial charge >= 0.3 is 0 Å². The Morgan fingerprint density at radius 2 is 2.21 bits per heavy atom. The number of rotatable bonds is 5. The molecule has 2 aromatic rings. The monoisotopic (exact) mass is 255 g/mol. The van der Waals surface area contributed by atoms with E-state index >= 15 is 0 Å². The molecule has 0 aliphatic heterocycles. The van der Waals surface area contributed by atoms with Gasteiger partial charge in [0.2, 0.25) is 5.91 Å². The van der Waals surface area contributed by atoms with E-state index in [1.165, 1.54) is 5.56 Å². The van der Waals surface area contributed by atoms with Gasteiger partial charge in [-0.3, -0.25) is 4.79 Å². The Labute approximate surface area is 112 Å². The molecule has 1 saturated carbocycles. The SMILES string of the molecule is O=C(NCCc1ccccc1)[C@H]1C[C@@H]1c1cnc[nH]1. The molecule has 0 unspecified atom stereocenters. The van der Waals surface area contributed by atoms with Crippen molar-refractivity contribution in [3.05, 3.63) is 54.1 Å². The highest BCUT2D eigenvalue weighted by Crippen LogP contribution is 2.46. The van der Waals surface area contributed by atoms with Crippen LogP contribution in [0.15, 0.2) is 42.9 Å². The molecule has 3 rings (SSSR count). The van der Waals surface area contributed by atoms with Crippen molar-refractivity contribution in [3.63, 3.8) is 0 Å². The third kappa shape index (κ3) is 2.84. The second kappa shape index (κ2) is 5.26. The molecule has 1 aliphatic carbocycles. The standard InChI is InChI=1S/C15H17N3O/c19-15(13-8-12(13)14-9-16-10-18-14)17-7-6-11-4-2-1-3-5-11/h1-5,9-10,12-13H,6-8H2,(H,16,18)(H,17,19)/t12-,13-/m0/s1. The van der Waals surface area contributed by atoms with Crippen LogP contribution in [0.1, 0.15) is 23.6 Å². The van der Waals surface area contributed by atoms with Gasteiger partial charge in [0.25, 0.3) is 0 Å². The summed E-state index contributed by atoms with van der Waals surface area (Å²) in [5.74, 6) is 0.617. The lowest BCUT2D eigenvalue weighted by Gasteiger charge is -2.04. The highest BCUT2D eigenvalue weighted by atomic mass is 16.2. The van der Waals surface area contributed by atoms with Crippen LogP contribution in [-0.4, -0.2) is 22.4 Å². The fraction of sp³-hybridized carbons (Fsp3) is 0.333. The zero-order chi connectivity index (χ0) is 13.1. The predicted molar refractivity (Wildman–Crippen MR) is 72.6 cm³/mol. The molecule has 19 heavy (non-hydrogen) atoms. The number of nitrogens with zero attached hydrogens (tertiary/aromatic N) is 1. The Hall–Kier alpha value is -2.10. The van der Waals surface area contributed by atoms with Crippen molar-refractivity contribution in [2.75, 3.05) is 6.54 Å². The van der Waals surface area contributed by atoms with Gasteiger partial charge in [-0.1, -0.05) is 30.3 Å². The quantitative estimate of drug-likeness (QED) is 0.857. The van der Waals surface area contributed by atoms with Gasteiger partial charge in [-0.15, -0.1) is 0 Å². The zero-order valence-corrected chi connectivity index (χ0v) is 10.7. The number of nitrogens with one attached hydrogen (secondary N) is 2. The van der Waals surface area contributed by atoms with Crippen molar-refractivity contribution in [3.8, 4) is 0 Å². The summed E-state index contributed by atoms with van der Waals surface area (Å²) in [6, 6.07) is 10.2. The number of hydrogen-bond donors (Lipinski definition) is 2. The highest BCUT2D eigenvalue weighted by Gasteiger charge is 2.44. The fourth-order valence-electron chi connectivity index (χ4n) is 2.40. The van der Waals surface area contributed by atoms with Crippen molar-refractivity contribution < 1.29 is 4.79 Å². The van der Waals surface area contributed by atoms with E-state index in [9.17, 15) is 4.79 Å². The van der Waals surface area contributed by atoms with E-state index in [0.29, 0.717) is 12.5 Å². The maximum absolute atomic E-state index is 12.0. The number of imidazole rings is 1. The van der Waals surface area contributed by atoms with Gasteiger partial charge in [0, 0.05) is 30.3 Å². The van der Waals surface area contributed by atoms with Crippen LogP contribution in [0.3, 0.4) is 0 Å². The molecule has 4 nitrogen and oxygen atoms in total. The van der Waals surface area contributed by atoms with Crippen molar-refractivity contribution in [1.82, 2.24) is 15.3 Å². The Morgan fingerprint density at radius 1 is 1.37 bits per heavy atom. The number of aromatic nitrogens is 2. The van der Waals surface area contributed by atoms with Crippen LogP contribution in [0.5, 0.6) is 0 Å². The van der Waals surface area contributed by atoms with Crippen molar-refractivity contribution in [2.45, 2.75) is 18.8 Å². The van der Waals surface area contributed by atoms with Crippen LogP contribution in [0.4, 0.5) is 0 Å². The maximum atomic E-state index is 12.0. The lowest BCUT2D eigenvalue weighted by molar-refractivity contribution is -0.122. The molecule has 0 radical (unpaired) electrons. The lowest BCUT2D eigenvalue weighted by Crippen LogP contribution is -2.27. The van der Waals surface area contributed by atoms with E-state index in [1.54, 1.807) is 6.33 Å². The molecule has 1 fully saturated rings. The first-order valence-corrected chi connectivity index (χ1v) is 6.64. The number of benzene rings is 1. The maximum Gasteiger partial charge on any atom is 0.223 e. The van der Waals surface area contributed by atoms with Crippen LogP contribution in [-0.2, 0) is 11.2 Å². The molecule has 0 saturated heterocycles. The molecule has 1 aromatic heterocycles. The second-order valence-corrected chi connectivity index (χ2v) is 4.98. The second-order valence-electron chi connectivity index (χ2n) is 4.98. The van der Waals surface area contributed by atoms with Crippen LogP contribution in [0.2, 0.25) is 0 Å². The molecule has 1 aromatic carbocycles. The summed E-state index contributed by atoms with van der Waals surface area (Å²) >= 11 is 0. The number of hydrogen-bond acceptors (Lipinski definition) is 2. The molecule has 98 valence electrons. The van der Waals surface area contributed by atoms with Crippen molar-refractivity contribution in [1.29, 1.82) is 0 Å². The summed E-state index contributed by atoms with van der Waals surface area (Å²) in [5, 5.41) is 3.01. The number of aromatic amines is 1. The molecule has 1 aliphatic rings. The lowest BCUT2D eigenvalue weighted by atomic mass is 10.1. The van der Waals surface area contributed by atoms with E-state index in [4.69, 9.17) is 0 Å². The van der Waals surface area contributed by atoms with Gasteiger partial charge in [-0.05, 0) is 18.4 Å². The van der Waals surface area contributed by atoms with Crippen molar-refractivity contribution >= 4 is 5.91 Å². The van der Waals surface area contributed by atoms with E-state index in [-0.39, 0.29) is 11.8 Å². The average molecular weight is 255 g/mol. The molecule has 2 N–H and O–H groups in total. The predicted octanol–water partition coefficient (Wildman–Crippen LogP) is 1.87. The highest BCUT2D eigenvalue weighted by molar-refractivity contribution is 5.82. The molecular weight excluding hydrogens is 238 g/mol. The first-order chi connectivity index (χ1) is 9.34. The number of H-pyrrole nitrogens is 1. The minimum absolute atomic E-state index is 0.122. The third-order valence-electron chi connectivity index (χ3n) is 3.60. The fourth-order valence-corrected chi connectivity index (χ4v) is 2.40. The number of carbonyl (C=O) groups excluding carboxylic acids is 1. The van der Waals surface area contributed by atoms with E-state index < -0.39 is 0 Å². The molecule has 1 heterocycles. The first-order valence-electron chi connectivity index (χ1n) is 6.64. The van der Waals surface area contributed by atoms with Crippen LogP contribution < -0.4 is 5.32 Å². The Bertz CT molecular complexity index is 536. The third-order valence-corrected chi connectivity index (χ3v) is 3.60. The summed E-state index contributed by atoms with van der Waals surface area (Å²) in [7, 11) is 0. The molecule has 2 atom stereocenters. The number of carbonyl (C=O) groups is 1. The minimum atomic E-state index is 0.122. The Balaban J connectivity index is 1.43. The largest absolute Gasteiger partial charge is 0.356 e. The van der Waals surface area contributed by atoms with Crippen LogP contribution in [0, 0.1) is 5.92 Å². The summed E-state index contributed by atoms with van der Waals surface area (Å²) in [4.78, 5) is 19.0. The van der Waals surface area contributed by atoms with Gasteiger partial charge < -0.3 is 10.3 Å². The Kier molecular flexibility index (Phi) is 3.31. The topological polar surface area (TPSA) is 57.8 Å². The summed E-state index contributed by atoms with van der Waals surface area (Å²) in [6.07, 6.45) is 5.29. The van der Waals surface area contributed by atoms with Gasteiger partial charge in [-0.2, -0.15) is 0 Å². The minimum Gasteiger partial charge on any atom is -0.356 e. The van der Waals surface area contributed by atoms with Crippen LogP contribution in [0.25, 0.3) is 0 Å². The number of amides is 1. The molecule has 4 heteroatoms. The molecular formula is C15H17N3O. The van der Waals surface area contributed by atoms with E-state index in [2.05, 4.69) is 27.4 Å². The Morgan fingerprint density at radius 3 is 2.95 bits per heavy atom. The summed E-state index contributed by atoms with van der Waals surface area (Å²) in [5.41, 5.74) is 2.33. The molecule has 0 bridgehead atoms. The first kappa shape index (κ1) is 12.0. The molecule has 1 amide bonds. The average Bonchev–Trinajstić information content (AvgIpc) is 3.06. The van der Waals surface area contributed by atoms with Gasteiger partial charge in [0.15, 0.2) is 0 Å². The van der Waals surface area contributed by atoms with Gasteiger partial charge in [-0.25, -0.2) is 4.98 Å². The van der Waals surface area contributed by atoms with Crippen molar-refractivity contribution in [2.24, 2.45) is 5.92 Å².